The lowest BCUT2D eigenvalue weighted by Crippen LogP contribution is -2.39. The first kappa shape index (κ1) is 17.6. The highest BCUT2D eigenvalue weighted by molar-refractivity contribution is 7.92. The lowest BCUT2D eigenvalue weighted by molar-refractivity contribution is -0.149. The zero-order chi connectivity index (χ0) is 17.6. The maximum absolute atomic E-state index is 13.4. The summed E-state index contributed by atoms with van der Waals surface area (Å²) in [7, 11) is 1.88. The van der Waals surface area contributed by atoms with Gasteiger partial charge in [-0.25, -0.2) is 4.98 Å². The molecule has 3 rings (SSSR count). The fourth-order valence-corrected chi connectivity index (χ4v) is 4.37. The molecule has 1 fully saturated rings. The van der Waals surface area contributed by atoms with Gasteiger partial charge in [-0.15, -0.1) is 0 Å². The third kappa shape index (κ3) is 3.17. The van der Waals surface area contributed by atoms with E-state index in [1.165, 1.54) is 6.26 Å². The summed E-state index contributed by atoms with van der Waals surface area (Å²) >= 11 is -0.721. The third-order valence-corrected chi connectivity index (χ3v) is 6.28. The summed E-state index contributed by atoms with van der Waals surface area (Å²) in [6, 6.07) is -0.570. The molecule has 0 bridgehead atoms. The van der Waals surface area contributed by atoms with Gasteiger partial charge in [0.25, 0.3) is 5.56 Å². The molecule has 11 heteroatoms. The molecule has 1 aliphatic heterocycles. The van der Waals surface area contributed by atoms with Crippen LogP contribution in [0.5, 0.6) is 0 Å². The Bertz CT molecular complexity index is 810. The van der Waals surface area contributed by atoms with Crippen LogP contribution in [0.1, 0.15) is 24.7 Å². The van der Waals surface area contributed by atoms with Crippen LogP contribution in [0.2, 0.25) is 0 Å². The number of fused-ring (bicyclic) bond motifs is 1. The minimum atomic E-state index is -4.74. The molecular weight excluding hydrogens is 365 g/mol. The van der Waals surface area contributed by atoms with E-state index in [2.05, 4.69) is 9.97 Å². The molecule has 24 heavy (non-hydrogen) atoms. The molecule has 0 saturated carbocycles. The van der Waals surface area contributed by atoms with Gasteiger partial charge in [0.2, 0.25) is 5.82 Å². The molecular formula is C13H15F3N4O2S2. The summed E-state index contributed by atoms with van der Waals surface area (Å²) in [5, 5.41) is 0. The summed E-state index contributed by atoms with van der Waals surface area (Å²) in [5.41, 5.74) is -0.952. The highest BCUT2D eigenvalue weighted by atomic mass is 32.2. The normalized spacial score (nSPS) is 19.1. The van der Waals surface area contributed by atoms with Gasteiger partial charge in [0.15, 0.2) is 10.3 Å². The smallest absolute Gasteiger partial charge is 0.449 e. The number of rotatable bonds is 2. The fraction of sp³-hybridized carbons (Fsp3) is 0.615. The molecule has 0 amide bonds. The van der Waals surface area contributed by atoms with E-state index in [0.717, 1.165) is 15.9 Å². The summed E-state index contributed by atoms with van der Waals surface area (Å²) in [6.45, 7) is 1.21. The SMILES string of the molecule is CN1CCC(n2c(C(F)(F)F)nc3sc([S+](C)[O-])nc3c2=O)CC1. The van der Waals surface area contributed by atoms with Gasteiger partial charge in [0.05, 0.1) is 0 Å². The van der Waals surface area contributed by atoms with Crippen molar-refractivity contribution in [3.63, 3.8) is 0 Å². The number of halogens is 3. The van der Waals surface area contributed by atoms with E-state index in [1.807, 2.05) is 11.9 Å². The predicted octanol–water partition coefficient (Wildman–Crippen LogP) is 1.88. The zero-order valence-electron chi connectivity index (χ0n) is 13.0. The van der Waals surface area contributed by atoms with Gasteiger partial charge in [-0.2, -0.15) is 18.2 Å². The second-order valence-electron chi connectivity index (χ2n) is 5.73. The average molecular weight is 380 g/mol. The lowest BCUT2D eigenvalue weighted by Gasteiger charge is -2.31. The molecule has 2 aromatic heterocycles. The second kappa shape index (κ2) is 6.28. The minimum absolute atomic E-state index is 0.101. The number of likely N-dealkylation sites (tertiary alicyclic amines) is 1. The van der Waals surface area contributed by atoms with Crippen molar-refractivity contribution in [3.05, 3.63) is 16.2 Å². The summed E-state index contributed by atoms with van der Waals surface area (Å²) < 4.78 is 52.7. The molecule has 1 aliphatic rings. The van der Waals surface area contributed by atoms with Crippen molar-refractivity contribution in [3.8, 4) is 0 Å². The molecule has 6 nitrogen and oxygen atoms in total. The predicted molar refractivity (Wildman–Crippen MR) is 84.8 cm³/mol. The first-order valence-electron chi connectivity index (χ1n) is 7.20. The maximum atomic E-state index is 13.4. The average Bonchev–Trinajstić information content (AvgIpc) is 2.92. The molecule has 132 valence electrons. The number of hydrogen-bond donors (Lipinski definition) is 0. The topological polar surface area (TPSA) is 74.1 Å². The Kier molecular flexibility index (Phi) is 4.62. The van der Waals surface area contributed by atoms with Crippen LogP contribution in [0.15, 0.2) is 9.13 Å². The van der Waals surface area contributed by atoms with Crippen LogP contribution >= 0.6 is 11.3 Å². The van der Waals surface area contributed by atoms with Crippen molar-refractivity contribution in [1.29, 1.82) is 0 Å². The molecule has 0 radical (unpaired) electrons. The van der Waals surface area contributed by atoms with Gasteiger partial charge in [0.1, 0.15) is 6.26 Å². The van der Waals surface area contributed by atoms with Crippen molar-refractivity contribution >= 4 is 32.9 Å². The Labute approximate surface area is 142 Å². The van der Waals surface area contributed by atoms with Crippen LogP contribution in [-0.2, 0) is 17.4 Å². The van der Waals surface area contributed by atoms with E-state index in [0.29, 0.717) is 25.9 Å². The summed E-state index contributed by atoms with van der Waals surface area (Å²) in [6.07, 6.45) is -2.52. The Balaban J connectivity index is 2.21. The van der Waals surface area contributed by atoms with Crippen LogP contribution in [0.25, 0.3) is 10.3 Å². The van der Waals surface area contributed by atoms with Crippen molar-refractivity contribution < 1.29 is 17.7 Å². The fourth-order valence-electron chi connectivity index (χ4n) is 2.78. The molecule has 1 saturated heterocycles. The summed E-state index contributed by atoms with van der Waals surface area (Å²) in [4.78, 5) is 22.1. The molecule has 0 N–H and O–H groups in total. The number of aromatic nitrogens is 3. The second-order valence-corrected chi connectivity index (χ2v) is 8.26. The highest BCUT2D eigenvalue weighted by Gasteiger charge is 2.40. The van der Waals surface area contributed by atoms with Gasteiger partial charge >= 0.3 is 10.5 Å². The van der Waals surface area contributed by atoms with Gasteiger partial charge in [-0.05, 0) is 44.3 Å². The molecule has 2 aromatic rings. The van der Waals surface area contributed by atoms with Crippen molar-refractivity contribution in [1.82, 2.24) is 19.4 Å². The number of nitrogens with zero attached hydrogens (tertiary/aromatic N) is 4. The van der Waals surface area contributed by atoms with Crippen LogP contribution in [0.4, 0.5) is 13.2 Å². The Hall–Kier alpha value is -1.17. The third-order valence-electron chi connectivity index (χ3n) is 4.00. The van der Waals surface area contributed by atoms with Gasteiger partial charge in [-0.1, -0.05) is 0 Å². The molecule has 0 aliphatic carbocycles. The highest BCUT2D eigenvalue weighted by Crippen LogP contribution is 2.33. The van der Waals surface area contributed by atoms with Gasteiger partial charge < -0.3 is 9.45 Å². The van der Waals surface area contributed by atoms with E-state index in [1.54, 1.807) is 0 Å². The van der Waals surface area contributed by atoms with E-state index in [-0.39, 0.29) is 14.7 Å². The minimum Gasteiger partial charge on any atom is -0.610 e. The van der Waals surface area contributed by atoms with Gasteiger partial charge in [0, 0.05) is 17.2 Å². The number of hydrogen-bond acceptors (Lipinski definition) is 6. The number of thiazole rings is 1. The quantitative estimate of drug-likeness (QED) is 0.744. The van der Waals surface area contributed by atoms with Crippen molar-refractivity contribution in [2.24, 2.45) is 0 Å². The van der Waals surface area contributed by atoms with Crippen LogP contribution in [-0.4, -0.2) is 50.4 Å². The largest absolute Gasteiger partial charge is 0.610 e. The van der Waals surface area contributed by atoms with Crippen LogP contribution in [0.3, 0.4) is 0 Å². The van der Waals surface area contributed by atoms with Crippen molar-refractivity contribution in [2.45, 2.75) is 29.4 Å². The van der Waals surface area contributed by atoms with Gasteiger partial charge in [-0.3, -0.25) is 9.36 Å². The standard InChI is InChI=1S/C13H15F3N4O2S2/c1-19-5-3-7(4-6-19)20-10(21)8-9(18-11(20)13(14,15)16)23-12(17-8)24(2)22/h7H,3-6H2,1-2H3. The zero-order valence-corrected chi connectivity index (χ0v) is 14.6. The Morgan fingerprint density at radius 2 is 1.92 bits per heavy atom. The molecule has 0 spiro atoms. The molecule has 0 aromatic carbocycles. The van der Waals surface area contributed by atoms with Crippen LogP contribution in [0, 0.1) is 0 Å². The van der Waals surface area contributed by atoms with E-state index in [4.69, 9.17) is 0 Å². The molecule has 1 unspecified atom stereocenters. The lowest BCUT2D eigenvalue weighted by atomic mass is 10.0. The van der Waals surface area contributed by atoms with E-state index >= 15 is 0 Å². The van der Waals surface area contributed by atoms with Crippen molar-refractivity contribution in [2.75, 3.05) is 26.4 Å². The van der Waals surface area contributed by atoms with E-state index < -0.39 is 34.8 Å². The first-order valence-corrected chi connectivity index (χ1v) is 9.58. The first-order chi connectivity index (χ1) is 11.2. The number of alkyl halides is 3. The Morgan fingerprint density at radius 3 is 2.46 bits per heavy atom. The summed E-state index contributed by atoms with van der Waals surface area (Å²) in [5.74, 6) is -1.20. The van der Waals surface area contributed by atoms with Crippen LogP contribution < -0.4 is 5.56 Å². The molecule has 3 heterocycles. The van der Waals surface area contributed by atoms with E-state index in [9.17, 15) is 22.5 Å². The molecule has 1 atom stereocenters. The Morgan fingerprint density at radius 1 is 1.29 bits per heavy atom. The number of piperidine rings is 1. The monoisotopic (exact) mass is 380 g/mol. The maximum Gasteiger partial charge on any atom is 0.449 e.